The molecule has 1 heterocycles. The Labute approximate surface area is 105 Å². The molecule has 0 amide bonds. The minimum atomic E-state index is -0.484. The van der Waals surface area contributed by atoms with Crippen LogP contribution in [0.5, 0.6) is 0 Å². The van der Waals surface area contributed by atoms with Crippen molar-refractivity contribution in [3.8, 4) is 0 Å². The van der Waals surface area contributed by atoms with Gasteiger partial charge in [-0.05, 0) is 45.1 Å². The van der Waals surface area contributed by atoms with E-state index in [1.54, 1.807) is 0 Å². The van der Waals surface area contributed by atoms with Gasteiger partial charge in [0.15, 0.2) is 0 Å². The van der Waals surface area contributed by atoms with E-state index in [4.69, 9.17) is 0 Å². The summed E-state index contributed by atoms with van der Waals surface area (Å²) in [6.45, 7) is 12.0. The zero-order valence-corrected chi connectivity index (χ0v) is 13.5. The Balaban J connectivity index is 2.92. The summed E-state index contributed by atoms with van der Waals surface area (Å²) < 4.78 is 1.05. The van der Waals surface area contributed by atoms with E-state index in [-0.39, 0.29) is 0 Å². The fourth-order valence-corrected chi connectivity index (χ4v) is 15.5. The minimum absolute atomic E-state index is 0.484. The van der Waals surface area contributed by atoms with Crippen molar-refractivity contribution in [3.05, 3.63) is 0 Å². The molecule has 3 heteroatoms. The monoisotopic (exact) mass is 266 g/mol. The summed E-state index contributed by atoms with van der Waals surface area (Å²) in [5.41, 5.74) is 0. The Morgan fingerprint density at radius 2 is 1.40 bits per heavy atom. The molecule has 2 atom stereocenters. The van der Waals surface area contributed by atoms with Gasteiger partial charge in [-0.2, -0.15) is 0 Å². The highest BCUT2D eigenvalue weighted by molar-refractivity contribution is 9.25. The highest BCUT2D eigenvalue weighted by Gasteiger charge is 2.45. The molecule has 0 aromatic heterocycles. The molecule has 0 saturated carbocycles. The summed E-state index contributed by atoms with van der Waals surface area (Å²) >= 11 is 0. The minimum Gasteiger partial charge on any atom is -0.146 e. The summed E-state index contributed by atoms with van der Waals surface area (Å²) in [4.78, 5) is 0. The van der Waals surface area contributed by atoms with Gasteiger partial charge in [0.1, 0.15) is 0 Å². The van der Waals surface area contributed by atoms with E-state index < -0.39 is 8.09 Å². The van der Waals surface area contributed by atoms with Crippen LogP contribution in [0.2, 0.25) is 0 Å². The maximum absolute atomic E-state index is 2.52. The number of rotatable bonds is 3. The van der Waals surface area contributed by atoms with E-state index in [1.807, 2.05) is 0 Å². The van der Waals surface area contributed by atoms with Gasteiger partial charge in [-0.3, -0.25) is 0 Å². The summed E-state index contributed by atoms with van der Waals surface area (Å²) in [7, 11) is 4.12. The predicted molar refractivity (Wildman–Crippen MR) is 81.2 cm³/mol. The second-order valence-electron chi connectivity index (χ2n) is 5.16. The van der Waals surface area contributed by atoms with Gasteiger partial charge < -0.3 is 0 Å². The third-order valence-electron chi connectivity index (χ3n) is 3.52. The average Bonchev–Trinajstić information content (AvgIpc) is 2.16. The van der Waals surface area contributed by atoms with E-state index in [1.165, 1.54) is 25.0 Å². The topological polar surface area (TPSA) is 0 Å². The van der Waals surface area contributed by atoms with Crippen molar-refractivity contribution in [2.24, 2.45) is 0 Å². The fourth-order valence-electron chi connectivity index (χ4n) is 2.20. The van der Waals surface area contributed by atoms with Crippen molar-refractivity contribution in [1.29, 1.82) is 0 Å². The molecule has 0 aromatic carbocycles. The lowest BCUT2D eigenvalue weighted by Crippen LogP contribution is -2.37. The quantitative estimate of drug-likeness (QED) is 0.621. The summed E-state index contributed by atoms with van der Waals surface area (Å²) in [5.74, 6) is 1.35. The molecule has 0 spiro atoms. The molecule has 1 aliphatic heterocycles. The number of hydrogen-bond donors (Lipinski definition) is 0. The molecule has 92 valence electrons. The standard InChI is InChI=1S/C12H26S3/c1-7-11(4)10-12(5,8-2)14-15(6,9-3)13-11/h7-10H2,1-6H3. The van der Waals surface area contributed by atoms with Gasteiger partial charge in [0, 0.05) is 9.49 Å². The lowest BCUT2D eigenvalue weighted by Gasteiger charge is -2.54. The van der Waals surface area contributed by atoms with Crippen LogP contribution in [0.15, 0.2) is 0 Å². The van der Waals surface area contributed by atoms with Gasteiger partial charge >= 0.3 is 0 Å². The van der Waals surface area contributed by atoms with Gasteiger partial charge in [-0.15, -0.1) is 8.09 Å². The smallest absolute Gasteiger partial charge is 0.0238 e. The molecule has 0 radical (unpaired) electrons. The first-order chi connectivity index (χ1) is 6.80. The van der Waals surface area contributed by atoms with E-state index in [0.717, 1.165) is 0 Å². The summed E-state index contributed by atoms with van der Waals surface area (Å²) in [6, 6.07) is 0. The van der Waals surface area contributed by atoms with Crippen LogP contribution < -0.4 is 0 Å². The second-order valence-corrected chi connectivity index (χ2v) is 15.9. The molecule has 0 bridgehead atoms. The Morgan fingerprint density at radius 3 is 1.67 bits per heavy atom. The lowest BCUT2D eigenvalue weighted by atomic mass is 9.92. The highest BCUT2D eigenvalue weighted by atomic mass is 33.6. The van der Waals surface area contributed by atoms with E-state index in [9.17, 15) is 0 Å². The molecular weight excluding hydrogens is 240 g/mol. The first-order valence-electron chi connectivity index (χ1n) is 5.97. The average molecular weight is 267 g/mol. The van der Waals surface area contributed by atoms with E-state index in [0.29, 0.717) is 9.49 Å². The largest absolute Gasteiger partial charge is 0.146 e. The Morgan fingerprint density at radius 1 is 1.00 bits per heavy atom. The van der Waals surface area contributed by atoms with Crippen molar-refractivity contribution in [2.75, 3.05) is 12.0 Å². The SMILES string of the molecule is CCC1(C)CC(C)(CC)SS(C)(CC)S1. The molecule has 0 nitrogen and oxygen atoms in total. The van der Waals surface area contributed by atoms with Gasteiger partial charge in [-0.25, -0.2) is 0 Å². The number of hydrogen-bond acceptors (Lipinski definition) is 2. The van der Waals surface area contributed by atoms with Crippen LogP contribution >= 0.6 is 29.7 Å². The van der Waals surface area contributed by atoms with Crippen LogP contribution in [0.4, 0.5) is 0 Å². The van der Waals surface area contributed by atoms with E-state index >= 15 is 0 Å². The molecule has 1 fully saturated rings. The van der Waals surface area contributed by atoms with Crippen molar-refractivity contribution in [1.82, 2.24) is 0 Å². The molecule has 1 rings (SSSR count). The fraction of sp³-hybridized carbons (Fsp3) is 1.00. The van der Waals surface area contributed by atoms with Gasteiger partial charge in [-0.1, -0.05) is 42.4 Å². The van der Waals surface area contributed by atoms with Gasteiger partial charge in [0.2, 0.25) is 0 Å². The third kappa shape index (κ3) is 3.26. The zero-order chi connectivity index (χ0) is 11.7. The molecule has 2 unspecified atom stereocenters. The molecule has 0 N–H and O–H groups in total. The maximum atomic E-state index is 2.52. The molecule has 1 saturated heterocycles. The summed E-state index contributed by atoms with van der Waals surface area (Å²) in [6.07, 6.45) is 6.53. The van der Waals surface area contributed by atoms with Gasteiger partial charge in [0.25, 0.3) is 0 Å². The first-order valence-corrected chi connectivity index (χ1v) is 10.9. The zero-order valence-electron chi connectivity index (χ0n) is 11.1. The lowest BCUT2D eigenvalue weighted by molar-refractivity contribution is 0.467. The molecule has 0 aromatic rings. The second kappa shape index (κ2) is 4.73. The van der Waals surface area contributed by atoms with Crippen LogP contribution in [0.3, 0.4) is 0 Å². The Kier molecular flexibility index (Phi) is 4.45. The van der Waals surface area contributed by atoms with Crippen molar-refractivity contribution < 1.29 is 0 Å². The van der Waals surface area contributed by atoms with Crippen LogP contribution in [-0.4, -0.2) is 21.5 Å². The normalized spacial score (nSPS) is 51.1. The van der Waals surface area contributed by atoms with Gasteiger partial charge in [0.05, 0.1) is 0 Å². The molecule has 1 aliphatic rings. The maximum Gasteiger partial charge on any atom is 0.0238 e. The van der Waals surface area contributed by atoms with Crippen molar-refractivity contribution >= 4 is 29.7 Å². The van der Waals surface area contributed by atoms with Crippen LogP contribution in [0.1, 0.15) is 53.9 Å². The molecule has 15 heavy (non-hydrogen) atoms. The summed E-state index contributed by atoms with van der Waals surface area (Å²) in [5, 5.41) is 0. The predicted octanol–water partition coefficient (Wildman–Crippen LogP) is 5.48. The Bertz CT molecular complexity index is 181. The highest BCUT2D eigenvalue weighted by Crippen LogP contribution is 2.79. The van der Waals surface area contributed by atoms with Crippen molar-refractivity contribution in [2.45, 2.75) is 63.4 Å². The van der Waals surface area contributed by atoms with Crippen LogP contribution in [0.25, 0.3) is 0 Å². The molecule has 0 aliphatic carbocycles. The molecular formula is C12H26S3. The van der Waals surface area contributed by atoms with E-state index in [2.05, 4.69) is 62.5 Å². The first kappa shape index (κ1) is 14.1. The van der Waals surface area contributed by atoms with Crippen LogP contribution in [-0.2, 0) is 0 Å². The van der Waals surface area contributed by atoms with Crippen LogP contribution in [0, 0.1) is 0 Å². The third-order valence-corrected chi connectivity index (χ3v) is 14.1. The Hall–Kier alpha value is 1.05. The van der Waals surface area contributed by atoms with Crippen molar-refractivity contribution in [3.63, 3.8) is 0 Å².